The van der Waals surface area contributed by atoms with Crippen LogP contribution in [0.4, 0.5) is 0 Å². The van der Waals surface area contributed by atoms with Gasteiger partial charge in [0.1, 0.15) is 6.10 Å². The topological polar surface area (TPSA) is 75.8 Å². The fourth-order valence-electron chi connectivity index (χ4n) is 3.71. The van der Waals surface area contributed by atoms with E-state index in [-0.39, 0.29) is 24.1 Å². The zero-order valence-corrected chi connectivity index (χ0v) is 10.6. The molecule has 0 unspecified atom stereocenters. The highest BCUT2D eigenvalue weighted by molar-refractivity contribution is 5.82. The Morgan fingerprint density at radius 2 is 2.06 bits per heavy atom. The molecule has 3 aliphatic rings. The first-order chi connectivity index (χ1) is 8.68. The Labute approximate surface area is 107 Å². The van der Waals surface area contributed by atoms with Crippen molar-refractivity contribution >= 4 is 5.91 Å². The first kappa shape index (κ1) is 12.4. The lowest BCUT2D eigenvalue weighted by atomic mass is 9.97. The van der Waals surface area contributed by atoms with Crippen molar-refractivity contribution in [1.29, 1.82) is 0 Å². The lowest BCUT2D eigenvalue weighted by molar-refractivity contribution is -0.136. The van der Waals surface area contributed by atoms with E-state index >= 15 is 0 Å². The molecule has 3 rings (SSSR count). The van der Waals surface area contributed by atoms with Crippen molar-refractivity contribution < 1.29 is 14.6 Å². The average Bonchev–Trinajstić information content (AvgIpc) is 3.05. The lowest BCUT2D eigenvalue weighted by Gasteiger charge is -2.30. The molecule has 0 aromatic rings. The number of likely N-dealkylation sites (tertiary alicyclic amines) is 1. The van der Waals surface area contributed by atoms with Crippen molar-refractivity contribution in [2.24, 2.45) is 11.7 Å². The Hall–Kier alpha value is -0.650. The molecule has 0 bridgehead atoms. The average molecular weight is 254 g/mol. The van der Waals surface area contributed by atoms with Crippen molar-refractivity contribution in [3.8, 4) is 0 Å². The first-order valence-corrected chi connectivity index (χ1v) is 7.04. The molecule has 0 aromatic heterocycles. The largest absolute Gasteiger partial charge is 0.388 e. The fraction of sp³-hybridized carbons (Fsp3) is 0.923. The molecule has 102 valence electrons. The minimum atomic E-state index is -0.544. The minimum absolute atomic E-state index is 0.0129. The maximum absolute atomic E-state index is 12.5. The molecule has 3 N–H and O–H groups in total. The fourth-order valence-corrected chi connectivity index (χ4v) is 3.71. The van der Waals surface area contributed by atoms with Gasteiger partial charge in [-0.05, 0) is 25.2 Å². The van der Waals surface area contributed by atoms with Crippen LogP contribution in [-0.2, 0) is 9.53 Å². The second kappa shape index (κ2) is 4.79. The summed E-state index contributed by atoms with van der Waals surface area (Å²) in [6.07, 6.45) is 4.79. The van der Waals surface area contributed by atoms with E-state index in [4.69, 9.17) is 10.5 Å². The Balaban J connectivity index is 1.68. The summed E-state index contributed by atoms with van der Waals surface area (Å²) in [6.45, 7) is 1.02. The molecule has 0 aromatic carbocycles. The van der Waals surface area contributed by atoms with Gasteiger partial charge in [0.25, 0.3) is 0 Å². The number of ether oxygens (including phenoxy) is 1. The second-order valence-electron chi connectivity index (χ2n) is 5.82. The van der Waals surface area contributed by atoms with Gasteiger partial charge in [-0.1, -0.05) is 12.8 Å². The summed E-state index contributed by atoms with van der Waals surface area (Å²) in [7, 11) is 0. The van der Waals surface area contributed by atoms with E-state index in [1.807, 2.05) is 0 Å². The molecule has 1 aliphatic carbocycles. The van der Waals surface area contributed by atoms with Crippen molar-refractivity contribution in [3.05, 3.63) is 0 Å². The molecular formula is C13H22N2O3. The van der Waals surface area contributed by atoms with Gasteiger partial charge in [0, 0.05) is 6.54 Å². The Morgan fingerprint density at radius 3 is 2.78 bits per heavy atom. The third-order valence-corrected chi connectivity index (χ3v) is 4.75. The van der Waals surface area contributed by atoms with Crippen LogP contribution in [0.5, 0.6) is 0 Å². The number of nitrogens with two attached hydrogens (primary N) is 1. The summed E-state index contributed by atoms with van der Waals surface area (Å²) in [5, 5.41) is 9.91. The van der Waals surface area contributed by atoms with Gasteiger partial charge in [-0.25, -0.2) is 0 Å². The smallest absolute Gasteiger partial charge is 0.240 e. The van der Waals surface area contributed by atoms with Gasteiger partial charge in [-0.3, -0.25) is 4.79 Å². The van der Waals surface area contributed by atoms with Crippen LogP contribution in [0.2, 0.25) is 0 Å². The van der Waals surface area contributed by atoms with Gasteiger partial charge in [-0.2, -0.15) is 0 Å². The standard InChI is InChI=1S/C13H22N2O3/c14-11(8-3-1-2-4-8)13(17)15-6-5-10-12(15)9(16)7-18-10/h8-12,16H,1-7,14H2/t9-,10+,11-,12+/m0/s1. The molecule has 4 atom stereocenters. The van der Waals surface area contributed by atoms with E-state index < -0.39 is 6.10 Å². The van der Waals surface area contributed by atoms with Gasteiger partial charge in [0.15, 0.2) is 0 Å². The predicted octanol–water partition coefficient (Wildman–Crippen LogP) is -0.136. The highest BCUT2D eigenvalue weighted by Gasteiger charge is 2.48. The molecular weight excluding hydrogens is 232 g/mol. The Kier molecular flexibility index (Phi) is 3.30. The van der Waals surface area contributed by atoms with Crippen LogP contribution in [-0.4, -0.2) is 53.4 Å². The Morgan fingerprint density at radius 1 is 1.33 bits per heavy atom. The van der Waals surface area contributed by atoms with Crippen LogP contribution in [0.3, 0.4) is 0 Å². The van der Waals surface area contributed by atoms with Crippen LogP contribution in [0, 0.1) is 5.92 Å². The summed E-state index contributed by atoms with van der Waals surface area (Å²) in [5.74, 6) is 0.343. The van der Waals surface area contributed by atoms with Crippen molar-refractivity contribution in [3.63, 3.8) is 0 Å². The summed E-state index contributed by atoms with van der Waals surface area (Å²) in [6, 6.07) is -0.552. The van der Waals surface area contributed by atoms with Crippen LogP contribution >= 0.6 is 0 Å². The number of carbonyl (C=O) groups excluding carboxylic acids is 1. The molecule has 18 heavy (non-hydrogen) atoms. The first-order valence-electron chi connectivity index (χ1n) is 7.04. The van der Waals surface area contributed by atoms with Crippen molar-refractivity contribution in [2.45, 2.75) is 56.4 Å². The third kappa shape index (κ3) is 1.94. The van der Waals surface area contributed by atoms with Gasteiger partial charge < -0.3 is 20.5 Å². The molecule has 2 aliphatic heterocycles. The number of nitrogens with zero attached hydrogens (tertiary/aromatic N) is 1. The van der Waals surface area contributed by atoms with Crippen LogP contribution in [0.1, 0.15) is 32.1 Å². The maximum Gasteiger partial charge on any atom is 0.240 e. The van der Waals surface area contributed by atoms with Crippen molar-refractivity contribution in [2.75, 3.05) is 13.2 Å². The molecule has 0 radical (unpaired) electrons. The normalized spacial score (nSPS) is 38.1. The quantitative estimate of drug-likeness (QED) is 0.719. The monoisotopic (exact) mass is 254 g/mol. The SMILES string of the molecule is N[C@H](C(=O)N1CC[C@H]2OC[C@H](O)[C@H]21)C1CCCC1. The number of aliphatic hydroxyl groups excluding tert-OH is 1. The molecule has 3 fully saturated rings. The third-order valence-electron chi connectivity index (χ3n) is 4.75. The highest BCUT2D eigenvalue weighted by atomic mass is 16.5. The highest BCUT2D eigenvalue weighted by Crippen LogP contribution is 2.32. The molecule has 0 spiro atoms. The zero-order chi connectivity index (χ0) is 12.7. The van der Waals surface area contributed by atoms with Crippen LogP contribution in [0.25, 0.3) is 0 Å². The lowest BCUT2D eigenvalue weighted by Crippen LogP contribution is -2.52. The second-order valence-corrected chi connectivity index (χ2v) is 5.82. The zero-order valence-electron chi connectivity index (χ0n) is 10.6. The summed E-state index contributed by atoms with van der Waals surface area (Å²) < 4.78 is 5.49. The van der Waals surface area contributed by atoms with Gasteiger partial charge in [-0.15, -0.1) is 0 Å². The van der Waals surface area contributed by atoms with E-state index in [9.17, 15) is 9.90 Å². The van der Waals surface area contributed by atoms with E-state index in [0.717, 1.165) is 19.3 Å². The number of aliphatic hydroxyl groups is 1. The molecule has 2 saturated heterocycles. The van der Waals surface area contributed by atoms with Crippen LogP contribution in [0.15, 0.2) is 0 Å². The molecule has 5 heteroatoms. The maximum atomic E-state index is 12.5. The number of fused-ring (bicyclic) bond motifs is 1. The van der Waals surface area contributed by atoms with E-state index in [1.54, 1.807) is 4.90 Å². The Bertz CT molecular complexity index is 330. The van der Waals surface area contributed by atoms with Gasteiger partial charge >= 0.3 is 0 Å². The van der Waals surface area contributed by atoms with E-state index in [2.05, 4.69) is 0 Å². The molecule has 1 amide bonds. The minimum Gasteiger partial charge on any atom is -0.388 e. The number of hydrogen-bond donors (Lipinski definition) is 2. The predicted molar refractivity (Wildman–Crippen MR) is 65.8 cm³/mol. The van der Waals surface area contributed by atoms with Gasteiger partial charge in [0.2, 0.25) is 5.91 Å². The van der Waals surface area contributed by atoms with Crippen LogP contribution < -0.4 is 5.73 Å². The number of carbonyl (C=O) groups is 1. The number of rotatable bonds is 2. The summed E-state index contributed by atoms with van der Waals surface area (Å²) in [4.78, 5) is 14.2. The number of amides is 1. The molecule has 1 saturated carbocycles. The molecule has 5 nitrogen and oxygen atoms in total. The van der Waals surface area contributed by atoms with E-state index in [0.29, 0.717) is 19.1 Å². The molecule has 2 heterocycles. The summed E-state index contributed by atoms with van der Waals surface area (Å²) in [5.41, 5.74) is 6.12. The van der Waals surface area contributed by atoms with Crippen molar-refractivity contribution in [1.82, 2.24) is 4.90 Å². The van der Waals surface area contributed by atoms with E-state index in [1.165, 1.54) is 12.8 Å². The summed E-state index contributed by atoms with van der Waals surface area (Å²) >= 11 is 0. The number of hydrogen-bond acceptors (Lipinski definition) is 4. The van der Waals surface area contributed by atoms with Gasteiger partial charge in [0.05, 0.1) is 24.8 Å².